The second-order valence-electron chi connectivity index (χ2n) is 8.89. The van der Waals surface area contributed by atoms with Crippen LogP contribution in [0.3, 0.4) is 0 Å². The van der Waals surface area contributed by atoms with Crippen LogP contribution in [0.2, 0.25) is 0 Å². The molecule has 2 nitrogen and oxygen atoms in total. The molecule has 1 fully saturated rings. The number of halogens is 1. The highest BCUT2D eigenvalue weighted by atomic mass is 19.1. The van der Waals surface area contributed by atoms with Crippen molar-refractivity contribution in [2.45, 2.75) is 85.2 Å². The molecule has 2 aromatic rings. The fourth-order valence-electron chi connectivity index (χ4n) is 4.63. The molecule has 2 N–H and O–H groups in total. The van der Waals surface area contributed by atoms with Gasteiger partial charge >= 0.3 is 0 Å². The van der Waals surface area contributed by atoms with E-state index in [-0.39, 0.29) is 5.82 Å². The zero-order valence-electron chi connectivity index (χ0n) is 19.6. The smallest absolute Gasteiger partial charge is 0.146 e. The number of anilines is 1. The molecule has 1 aliphatic carbocycles. The highest BCUT2D eigenvalue weighted by molar-refractivity contribution is 5.47. The summed E-state index contributed by atoms with van der Waals surface area (Å²) < 4.78 is 13.5. The van der Waals surface area contributed by atoms with Gasteiger partial charge in [0.1, 0.15) is 5.82 Å². The van der Waals surface area contributed by atoms with Crippen molar-refractivity contribution in [3.8, 4) is 0 Å². The maximum atomic E-state index is 13.5. The summed E-state index contributed by atoms with van der Waals surface area (Å²) in [6.45, 7) is 12.3. The summed E-state index contributed by atoms with van der Waals surface area (Å²) in [4.78, 5) is 0. The Kier molecular flexibility index (Phi) is 9.84. The van der Waals surface area contributed by atoms with Crippen LogP contribution >= 0.6 is 0 Å². The van der Waals surface area contributed by atoms with Gasteiger partial charge in [-0.25, -0.2) is 4.39 Å². The molecule has 0 aromatic heterocycles. The Morgan fingerprint density at radius 2 is 1.60 bits per heavy atom. The van der Waals surface area contributed by atoms with Gasteiger partial charge in [0, 0.05) is 12.1 Å². The van der Waals surface area contributed by atoms with Gasteiger partial charge in [-0.3, -0.25) is 0 Å². The lowest BCUT2D eigenvalue weighted by molar-refractivity contribution is 0.240. The number of hydrogen-bond donors (Lipinski definition) is 2. The standard InChI is InChI=1S/C15H14FN.C10H21N.C2H6/c16-14-7-3-4-8-15(14)17-13-9-11-5-1-2-6-12(11)10-13;1-4-7-10(2,3)9-6-5-8-11-9;1-2/h1-8,13,17H,9-10H2;9,11H,4-8H2,1-3H3;1-2H3. The summed E-state index contributed by atoms with van der Waals surface area (Å²) >= 11 is 0. The second kappa shape index (κ2) is 12.1. The Labute approximate surface area is 183 Å². The Morgan fingerprint density at radius 1 is 1.00 bits per heavy atom. The van der Waals surface area contributed by atoms with Crippen LogP contribution in [0, 0.1) is 11.2 Å². The van der Waals surface area contributed by atoms with Crippen molar-refractivity contribution in [1.82, 2.24) is 5.32 Å². The minimum atomic E-state index is -0.177. The third-order valence-corrected chi connectivity index (χ3v) is 6.18. The molecule has 4 rings (SSSR count). The molecule has 0 saturated carbocycles. The average molecular weight is 413 g/mol. The molecule has 1 heterocycles. The molecule has 0 radical (unpaired) electrons. The van der Waals surface area contributed by atoms with Crippen LogP contribution in [0.1, 0.15) is 71.4 Å². The number of rotatable bonds is 5. The largest absolute Gasteiger partial charge is 0.379 e. The highest BCUT2D eigenvalue weighted by Gasteiger charge is 2.30. The van der Waals surface area contributed by atoms with E-state index in [4.69, 9.17) is 0 Å². The fraction of sp³-hybridized carbons (Fsp3) is 0.556. The predicted octanol–water partition coefficient (Wildman–Crippen LogP) is 7.00. The monoisotopic (exact) mass is 412 g/mol. The van der Waals surface area contributed by atoms with Gasteiger partial charge in [-0.05, 0) is 67.3 Å². The van der Waals surface area contributed by atoms with E-state index in [0.717, 1.165) is 18.9 Å². The molecule has 0 spiro atoms. The minimum absolute atomic E-state index is 0.177. The predicted molar refractivity (Wildman–Crippen MR) is 129 cm³/mol. The van der Waals surface area contributed by atoms with Gasteiger partial charge in [-0.2, -0.15) is 0 Å². The number of fused-ring (bicyclic) bond motifs is 1. The third-order valence-electron chi connectivity index (χ3n) is 6.18. The van der Waals surface area contributed by atoms with Crippen molar-refractivity contribution < 1.29 is 4.39 Å². The summed E-state index contributed by atoms with van der Waals surface area (Å²) in [5.74, 6) is -0.177. The first-order valence-electron chi connectivity index (χ1n) is 11.8. The molecule has 1 aliphatic heterocycles. The van der Waals surface area contributed by atoms with E-state index in [9.17, 15) is 4.39 Å². The van der Waals surface area contributed by atoms with E-state index in [1.165, 1.54) is 49.4 Å². The summed E-state index contributed by atoms with van der Waals surface area (Å²) in [6.07, 6.45) is 7.37. The number of para-hydroxylation sites is 1. The lowest BCUT2D eigenvalue weighted by atomic mass is 9.80. The average Bonchev–Trinajstić information content (AvgIpc) is 3.42. The van der Waals surface area contributed by atoms with Gasteiger partial charge in [0.2, 0.25) is 0 Å². The van der Waals surface area contributed by atoms with Gasteiger partial charge in [0.15, 0.2) is 0 Å². The van der Waals surface area contributed by atoms with Gasteiger partial charge < -0.3 is 10.6 Å². The van der Waals surface area contributed by atoms with Crippen molar-refractivity contribution in [3.05, 3.63) is 65.5 Å². The van der Waals surface area contributed by atoms with Crippen LogP contribution in [0.15, 0.2) is 48.5 Å². The maximum absolute atomic E-state index is 13.5. The zero-order chi connectivity index (χ0) is 22.0. The van der Waals surface area contributed by atoms with Crippen LogP contribution in [0.4, 0.5) is 10.1 Å². The van der Waals surface area contributed by atoms with Crippen LogP contribution in [0.25, 0.3) is 0 Å². The maximum Gasteiger partial charge on any atom is 0.146 e. The zero-order valence-corrected chi connectivity index (χ0v) is 19.6. The van der Waals surface area contributed by atoms with Crippen LogP contribution < -0.4 is 10.6 Å². The van der Waals surface area contributed by atoms with Gasteiger partial charge in [0.25, 0.3) is 0 Å². The van der Waals surface area contributed by atoms with E-state index >= 15 is 0 Å². The molecule has 0 bridgehead atoms. The minimum Gasteiger partial charge on any atom is -0.379 e. The molecule has 1 unspecified atom stereocenters. The first kappa shape index (κ1) is 24.4. The Balaban J connectivity index is 0.000000215. The Morgan fingerprint density at radius 3 is 2.13 bits per heavy atom. The highest BCUT2D eigenvalue weighted by Crippen LogP contribution is 2.31. The molecule has 30 heavy (non-hydrogen) atoms. The van der Waals surface area contributed by atoms with Crippen molar-refractivity contribution in [2.24, 2.45) is 5.41 Å². The van der Waals surface area contributed by atoms with E-state index in [1.807, 2.05) is 19.9 Å². The third kappa shape index (κ3) is 6.84. The molecule has 1 atom stereocenters. The normalized spacial score (nSPS) is 18.0. The molecule has 2 aromatic carbocycles. The fourth-order valence-corrected chi connectivity index (χ4v) is 4.63. The van der Waals surface area contributed by atoms with Crippen molar-refractivity contribution >= 4 is 5.69 Å². The molecular formula is C27H41FN2. The molecule has 1 saturated heterocycles. The van der Waals surface area contributed by atoms with Crippen molar-refractivity contribution in [2.75, 3.05) is 11.9 Å². The summed E-state index contributed by atoms with van der Waals surface area (Å²) in [5.41, 5.74) is 3.87. The first-order chi connectivity index (χ1) is 14.5. The quantitative estimate of drug-likeness (QED) is 0.552. The second-order valence-corrected chi connectivity index (χ2v) is 8.89. The first-order valence-corrected chi connectivity index (χ1v) is 11.8. The van der Waals surface area contributed by atoms with E-state index in [2.05, 4.69) is 55.7 Å². The topological polar surface area (TPSA) is 24.1 Å². The van der Waals surface area contributed by atoms with Gasteiger partial charge in [0.05, 0.1) is 5.69 Å². The molecule has 0 amide bonds. The lowest BCUT2D eigenvalue weighted by Gasteiger charge is -2.31. The molecule has 166 valence electrons. The molecule has 2 aliphatic rings. The number of benzene rings is 2. The summed E-state index contributed by atoms with van der Waals surface area (Å²) in [7, 11) is 0. The van der Waals surface area contributed by atoms with Crippen molar-refractivity contribution in [3.63, 3.8) is 0 Å². The number of nitrogens with one attached hydrogen (secondary N) is 2. The van der Waals surface area contributed by atoms with E-state index in [0.29, 0.717) is 17.1 Å². The summed E-state index contributed by atoms with van der Waals surface area (Å²) in [5, 5.41) is 6.86. The van der Waals surface area contributed by atoms with Gasteiger partial charge in [-0.15, -0.1) is 0 Å². The Hall–Kier alpha value is -1.87. The SMILES string of the molecule is CC.CCCC(C)(C)C1CCCN1.Fc1ccccc1NC1Cc2ccccc2C1. The lowest BCUT2D eigenvalue weighted by Crippen LogP contribution is -2.37. The van der Waals surface area contributed by atoms with Crippen LogP contribution in [0.5, 0.6) is 0 Å². The molecular weight excluding hydrogens is 371 g/mol. The van der Waals surface area contributed by atoms with Crippen molar-refractivity contribution in [1.29, 1.82) is 0 Å². The van der Waals surface area contributed by atoms with Crippen LogP contribution in [-0.4, -0.2) is 18.6 Å². The summed E-state index contributed by atoms with van der Waals surface area (Å²) in [6, 6.07) is 16.4. The van der Waals surface area contributed by atoms with E-state index < -0.39 is 0 Å². The molecule has 3 heteroatoms. The Bertz CT molecular complexity index is 725. The van der Waals surface area contributed by atoms with Crippen LogP contribution in [-0.2, 0) is 12.8 Å². The van der Waals surface area contributed by atoms with E-state index in [1.54, 1.807) is 12.1 Å². The number of hydrogen-bond acceptors (Lipinski definition) is 2. The van der Waals surface area contributed by atoms with Gasteiger partial charge in [-0.1, -0.05) is 77.4 Å².